The molecule has 7 heteroatoms. The number of rotatable bonds is 4. The van der Waals surface area contributed by atoms with Crippen molar-refractivity contribution in [3.63, 3.8) is 0 Å². The van der Waals surface area contributed by atoms with Gasteiger partial charge in [-0.2, -0.15) is 0 Å². The third kappa shape index (κ3) is 3.41. The first-order chi connectivity index (χ1) is 9.97. The van der Waals surface area contributed by atoms with Gasteiger partial charge in [0.05, 0.1) is 4.92 Å². The number of primary amides is 1. The first-order valence-electron chi connectivity index (χ1n) is 5.93. The van der Waals surface area contributed by atoms with Crippen LogP contribution in [0.2, 0.25) is 0 Å². The minimum atomic E-state index is -0.583. The van der Waals surface area contributed by atoms with Gasteiger partial charge in [-0.1, -0.05) is 6.07 Å². The zero-order valence-corrected chi connectivity index (χ0v) is 10.8. The summed E-state index contributed by atoms with van der Waals surface area (Å²) in [5, 5.41) is 13.2. The monoisotopic (exact) mass is 285 g/mol. The molecule has 7 nitrogen and oxygen atoms in total. The molecule has 2 aromatic carbocycles. The molecule has 2 rings (SSSR count). The Kier molecular flexibility index (Phi) is 3.94. The van der Waals surface area contributed by atoms with Crippen molar-refractivity contribution in [2.75, 3.05) is 5.32 Å². The molecule has 0 bridgehead atoms. The summed E-state index contributed by atoms with van der Waals surface area (Å²) >= 11 is 0. The summed E-state index contributed by atoms with van der Waals surface area (Å²) in [6.07, 6.45) is 0. The van der Waals surface area contributed by atoms with Crippen molar-refractivity contribution in [1.82, 2.24) is 0 Å². The molecule has 106 valence electrons. The second kappa shape index (κ2) is 5.83. The van der Waals surface area contributed by atoms with E-state index in [0.29, 0.717) is 16.8 Å². The SMILES string of the molecule is NC(=O)c1ccc(C(=O)Nc2cccc([N+](=O)[O-])c2)cc1. The van der Waals surface area contributed by atoms with Crippen LogP contribution >= 0.6 is 0 Å². The van der Waals surface area contributed by atoms with Gasteiger partial charge in [0.1, 0.15) is 0 Å². The van der Waals surface area contributed by atoms with E-state index in [1.807, 2.05) is 0 Å². The summed E-state index contributed by atoms with van der Waals surface area (Å²) in [4.78, 5) is 33.0. The van der Waals surface area contributed by atoms with Crippen molar-refractivity contribution in [3.05, 3.63) is 69.8 Å². The maximum Gasteiger partial charge on any atom is 0.271 e. The van der Waals surface area contributed by atoms with E-state index in [-0.39, 0.29) is 5.69 Å². The molecular weight excluding hydrogens is 274 g/mol. The Morgan fingerprint density at radius 2 is 1.67 bits per heavy atom. The van der Waals surface area contributed by atoms with Crippen LogP contribution in [0.25, 0.3) is 0 Å². The lowest BCUT2D eigenvalue weighted by molar-refractivity contribution is -0.384. The van der Waals surface area contributed by atoms with E-state index in [1.165, 1.54) is 42.5 Å². The highest BCUT2D eigenvalue weighted by atomic mass is 16.6. The highest BCUT2D eigenvalue weighted by Gasteiger charge is 2.10. The zero-order valence-electron chi connectivity index (χ0n) is 10.8. The Morgan fingerprint density at radius 1 is 1.05 bits per heavy atom. The number of nitrogens with two attached hydrogens (primary N) is 1. The maximum absolute atomic E-state index is 12.0. The lowest BCUT2D eigenvalue weighted by atomic mass is 10.1. The van der Waals surface area contributed by atoms with Crippen LogP contribution in [-0.2, 0) is 0 Å². The largest absolute Gasteiger partial charge is 0.366 e. The average Bonchev–Trinajstić information content (AvgIpc) is 2.47. The smallest absolute Gasteiger partial charge is 0.271 e. The topological polar surface area (TPSA) is 115 Å². The molecular formula is C14H11N3O4. The van der Waals surface area contributed by atoms with E-state index in [4.69, 9.17) is 5.73 Å². The standard InChI is InChI=1S/C14H11N3O4/c15-13(18)9-4-6-10(7-5-9)14(19)16-11-2-1-3-12(8-11)17(20)21/h1-8H,(H2,15,18)(H,16,19). The summed E-state index contributed by atoms with van der Waals surface area (Å²) in [6, 6.07) is 11.4. The van der Waals surface area contributed by atoms with Crippen molar-refractivity contribution in [3.8, 4) is 0 Å². The van der Waals surface area contributed by atoms with Crippen LogP contribution in [0.1, 0.15) is 20.7 Å². The summed E-state index contributed by atoms with van der Waals surface area (Å²) in [5.41, 5.74) is 5.91. The maximum atomic E-state index is 12.0. The van der Waals surface area contributed by atoms with E-state index in [1.54, 1.807) is 6.07 Å². The second-order valence-electron chi connectivity index (χ2n) is 4.20. The third-order valence-corrected chi connectivity index (χ3v) is 2.75. The van der Waals surface area contributed by atoms with Crippen LogP contribution < -0.4 is 11.1 Å². The van der Waals surface area contributed by atoms with Gasteiger partial charge in [0.15, 0.2) is 0 Å². The highest BCUT2D eigenvalue weighted by molar-refractivity contribution is 6.05. The van der Waals surface area contributed by atoms with Gasteiger partial charge in [-0.3, -0.25) is 19.7 Å². The van der Waals surface area contributed by atoms with E-state index in [9.17, 15) is 19.7 Å². The van der Waals surface area contributed by atoms with Gasteiger partial charge in [0.25, 0.3) is 11.6 Å². The van der Waals surface area contributed by atoms with Crippen molar-refractivity contribution in [2.45, 2.75) is 0 Å². The van der Waals surface area contributed by atoms with Crippen molar-refractivity contribution in [1.29, 1.82) is 0 Å². The van der Waals surface area contributed by atoms with E-state index in [0.717, 1.165) is 0 Å². The van der Waals surface area contributed by atoms with Gasteiger partial charge < -0.3 is 11.1 Å². The molecule has 0 unspecified atom stereocenters. The first kappa shape index (κ1) is 14.2. The molecule has 0 aliphatic rings. The summed E-state index contributed by atoms with van der Waals surface area (Å²) in [5.74, 6) is -1.02. The quantitative estimate of drug-likeness (QED) is 0.659. The van der Waals surface area contributed by atoms with Crippen LogP contribution in [0, 0.1) is 10.1 Å². The third-order valence-electron chi connectivity index (χ3n) is 2.75. The number of hydrogen-bond acceptors (Lipinski definition) is 4. The number of amides is 2. The molecule has 0 saturated heterocycles. The van der Waals surface area contributed by atoms with Gasteiger partial charge in [0, 0.05) is 28.9 Å². The fraction of sp³-hybridized carbons (Fsp3) is 0. The van der Waals surface area contributed by atoms with Crippen LogP contribution in [0.4, 0.5) is 11.4 Å². The van der Waals surface area contributed by atoms with Gasteiger partial charge in [0.2, 0.25) is 5.91 Å². The lowest BCUT2D eigenvalue weighted by Crippen LogP contribution is -2.14. The number of nitro groups is 1. The molecule has 3 N–H and O–H groups in total. The fourth-order valence-electron chi connectivity index (χ4n) is 1.69. The first-order valence-corrected chi connectivity index (χ1v) is 5.93. The fourth-order valence-corrected chi connectivity index (χ4v) is 1.69. The number of hydrogen-bond donors (Lipinski definition) is 2. The number of anilines is 1. The molecule has 21 heavy (non-hydrogen) atoms. The number of carbonyl (C=O) groups excluding carboxylic acids is 2. The summed E-state index contributed by atoms with van der Waals surface area (Å²) < 4.78 is 0. The average molecular weight is 285 g/mol. The normalized spacial score (nSPS) is 9.90. The van der Waals surface area contributed by atoms with Gasteiger partial charge in [-0.15, -0.1) is 0 Å². The Labute approximate surface area is 119 Å². The predicted octanol–water partition coefficient (Wildman–Crippen LogP) is 1.95. The number of nitro benzene ring substituents is 1. The number of nitrogens with zero attached hydrogens (tertiary/aromatic N) is 1. The van der Waals surface area contributed by atoms with Crippen LogP contribution in [0.15, 0.2) is 48.5 Å². The molecule has 2 aromatic rings. The van der Waals surface area contributed by atoms with Crippen LogP contribution in [-0.4, -0.2) is 16.7 Å². The molecule has 0 aromatic heterocycles. The van der Waals surface area contributed by atoms with Gasteiger partial charge in [-0.25, -0.2) is 0 Å². The van der Waals surface area contributed by atoms with E-state index in [2.05, 4.69) is 5.32 Å². The number of carbonyl (C=O) groups is 2. The molecule has 0 heterocycles. The van der Waals surface area contributed by atoms with E-state index >= 15 is 0 Å². The molecule has 2 amide bonds. The Balaban J connectivity index is 2.16. The molecule has 0 atom stereocenters. The number of benzene rings is 2. The van der Waals surface area contributed by atoms with Gasteiger partial charge >= 0.3 is 0 Å². The molecule has 0 aliphatic heterocycles. The predicted molar refractivity (Wildman–Crippen MR) is 76.0 cm³/mol. The van der Waals surface area contributed by atoms with Crippen LogP contribution in [0.5, 0.6) is 0 Å². The second-order valence-corrected chi connectivity index (χ2v) is 4.20. The molecule has 0 radical (unpaired) electrons. The number of non-ortho nitro benzene ring substituents is 1. The van der Waals surface area contributed by atoms with Crippen molar-refractivity contribution < 1.29 is 14.5 Å². The Hall–Kier alpha value is -3.22. The summed E-state index contributed by atoms with van der Waals surface area (Å²) in [6.45, 7) is 0. The minimum absolute atomic E-state index is 0.114. The Morgan fingerprint density at radius 3 is 2.24 bits per heavy atom. The van der Waals surface area contributed by atoms with E-state index < -0.39 is 16.7 Å². The minimum Gasteiger partial charge on any atom is -0.366 e. The van der Waals surface area contributed by atoms with Crippen LogP contribution in [0.3, 0.4) is 0 Å². The molecule has 0 aliphatic carbocycles. The lowest BCUT2D eigenvalue weighted by Gasteiger charge is -2.05. The zero-order chi connectivity index (χ0) is 15.4. The van der Waals surface area contributed by atoms with Crippen molar-refractivity contribution in [2.24, 2.45) is 5.73 Å². The number of nitrogens with one attached hydrogen (secondary N) is 1. The molecule has 0 fully saturated rings. The van der Waals surface area contributed by atoms with Crippen molar-refractivity contribution >= 4 is 23.2 Å². The van der Waals surface area contributed by atoms with Gasteiger partial charge in [-0.05, 0) is 30.3 Å². The molecule has 0 saturated carbocycles. The Bertz CT molecular complexity index is 710. The summed E-state index contributed by atoms with van der Waals surface area (Å²) in [7, 11) is 0. The highest BCUT2D eigenvalue weighted by Crippen LogP contribution is 2.17. The molecule has 0 spiro atoms.